The van der Waals surface area contributed by atoms with Crippen LogP contribution in [0.15, 0.2) is 60.0 Å². The van der Waals surface area contributed by atoms with Gasteiger partial charge in [-0.3, -0.25) is 4.79 Å². The predicted molar refractivity (Wildman–Crippen MR) is 110 cm³/mol. The van der Waals surface area contributed by atoms with E-state index in [1.807, 2.05) is 41.8 Å². The van der Waals surface area contributed by atoms with Crippen LogP contribution in [0.25, 0.3) is 0 Å². The third kappa shape index (κ3) is 6.22. The number of aromatic nitrogens is 1. The van der Waals surface area contributed by atoms with E-state index in [4.69, 9.17) is 10.00 Å². The second-order valence-corrected chi connectivity index (χ2v) is 7.20. The van der Waals surface area contributed by atoms with Gasteiger partial charge in [0.1, 0.15) is 5.75 Å². The average molecular weight is 391 g/mol. The molecule has 28 heavy (non-hydrogen) atoms. The Bertz CT molecular complexity index is 948. The summed E-state index contributed by atoms with van der Waals surface area (Å²) in [5.74, 6) is 0.563. The minimum Gasteiger partial charge on any atom is -0.493 e. The van der Waals surface area contributed by atoms with Gasteiger partial charge in [0.05, 0.1) is 29.8 Å². The van der Waals surface area contributed by atoms with E-state index < -0.39 is 0 Å². The van der Waals surface area contributed by atoms with Gasteiger partial charge >= 0.3 is 0 Å². The van der Waals surface area contributed by atoms with E-state index in [2.05, 4.69) is 28.5 Å². The molecule has 1 heterocycles. The summed E-state index contributed by atoms with van der Waals surface area (Å²) in [6, 6.07) is 19.5. The van der Waals surface area contributed by atoms with Crippen LogP contribution in [-0.4, -0.2) is 17.5 Å². The number of rotatable bonds is 9. The molecule has 3 rings (SSSR count). The van der Waals surface area contributed by atoms with E-state index in [1.54, 1.807) is 17.4 Å². The van der Waals surface area contributed by atoms with E-state index >= 15 is 0 Å². The van der Waals surface area contributed by atoms with Crippen molar-refractivity contribution in [3.8, 4) is 11.8 Å². The molecule has 0 unspecified atom stereocenters. The van der Waals surface area contributed by atoms with Gasteiger partial charge < -0.3 is 10.1 Å². The molecule has 1 aromatic heterocycles. The van der Waals surface area contributed by atoms with Gasteiger partial charge in [-0.1, -0.05) is 36.4 Å². The van der Waals surface area contributed by atoms with Crippen LogP contribution in [0, 0.1) is 11.3 Å². The number of anilines is 1. The van der Waals surface area contributed by atoms with E-state index in [0.29, 0.717) is 30.9 Å². The quantitative estimate of drug-likeness (QED) is 0.541. The highest BCUT2D eigenvalue weighted by Crippen LogP contribution is 2.19. The van der Waals surface area contributed by atoms with Crippen molar-refractivity contribution in [1.29, 1.82) is 5.26 Å². The SMILES string of the molecule is N#CCCCOc1cccc(NC(=O)Cc2csc(Cc3ccccc3)n2)c1. The monoisotopic (exact) mass is 391 g/mol. The van der Waals surface area contributed by atoms with Crippen molar-refractivity contribution in [3.05, 3.63) is 76.2 Å². The van der Waals surface area contributed by atoms with Crippen LogP contribution in [0.2, 0.25) is 0 Å². The van der Waals surface area contributed by atoms with E-state index in [0.717, 1.165) is 17.1 Å². The Hall–Kier alpha value is -3.17. The van der Waals surface area contributed by atoms with Crippen LogP contribution in [0.5, 0.6) is 5.75 Å². The number of carbonyl (C=O) groups is 1. The Balaban J connectivity index is 1.51. The van der Waals surface area contributed by atoms with Crippen LogP contribution in [-0.2, 0) is 17.6 Å². The summed E-state index contributed by atoms with van der Waals surface area (Å²) >= 11 is 1.57. The number of carbonyl (C=O) groups excluding carboxylic acids is 1. The maximum Gasteiger partial charge on any atom is 0.230 e. The first-order valence-corrected chi connectivity index (χ1v) is 9.98. The van der Waals surface area contributed by atoms with Crippen LogP contribution in [0.4, 0.5) is 5.69 Å². The molecule has 0 spiro atoms. The van der Waals surface area contributed by atoms with Gasteiger partial charge in [0, 0.05) is 30.0 Å². The lowest BCUT2D eigenvalue weighted by atomic mass is 10.2. The molecule has 6 heteroatoms. The zero-order valence-electron chi connectivity index (χ0n) is 15.4. The first-order valence-electron chi connectivity index (χ1n) is 9.10. The minimum absolute atomic E-state index is 0.113. The number of unbranched alkanes of at least 4 members (excludes halogenated alkanes) is 1. The number of hydrogen-bond donors (Lipinski definition) is 1. The molecule has 0 aliphatic heterocycles. The molecule has 5 nitrogen and oxygen atoms in total. The Morgan fingerprint density at radius 3 is 2.86 bits per heavy atom. The zero-order chi connectivity index (χ0) is 19.6. The number of amides is 1. The normalized spacial score (nSPS) is 10.2. The lowest BCUT2D eigenvalue weighted by Gasteiger charge is -2.08. The molecule has 2 aromatic carbocycles. The van der Waals surface area contributed by atoms with Crippen molar-refractivity contribution in [2.45, 2.75) is 25.7 Å². The number of nitriles is 1. The molecular weight excluding hydrogens is 370 g/mol. The molecule has 0 fully saturated rings. The molecule has 1 N–H and O–H groups in total. The van der Waals surface area contributed by atoms with Crippen LogP contribution in [0.3, 0.4) is 0 Å². The Labute approximate surface area is 168 Å². The van der Waals surface area contributed by atoms with E-state index in [9.17, 15) is 4.79 Å². The molecule has 0 saturated carbocycles. The molecule has 0 atom stereocenters. The zero-order valence-corrected chi connectivity index (χ0v) is 16.2. The molecule has 0 radical (unpaired) electrons. The molecule has 1 amide bonds. The van der Waals surface area contributed by atoms with Gasteiger partial charge in [0.2, 0.25) is 5.91 Å². The Kier molecular flexibility index (Phi) is 7.16. The van der Waals surface area contributed by atoms with Gasteiger partial charge in [-0.05, 0) is 24.1 Å². The average Bonchev–Trinajstić information content (AvgIpc) is 3.13. The Morgan fingerprint density at radius 2 is 2.04 bits per heavy atom. The third-order valence-electron chi connectivity index (χ3n) is 3.96. The van der Waals surface area contributed by atoms with Gasteiger partial charge in [0.25, 0.3) is 0 Å². The molecule has 142 valence electrons. The summed E-state index contributed by atoms with van der Waals surface area (Å²) in [6.45, 7) is 0.480. The molecule has 0 saturated heterocycles. The van der Waals surface area contributed by atoms with Gasteiger partial charge in [-0.15, -0.1) is 11.3 Å². The second-order valence-electron chi connectivity index (χ2n) is 6.26. The molecule has 0 aliphatic carbocycles. The second kappa shape index (κ2) is 10.2. The Morgan fingerprint density at radius 1 is 1.18 bits per heavy atom. The van der Waals surface area contributed by atoms with Crippen molar-refractivity contribution >= 4 is 22.9 Å². The number of ether oxygens (including phenoxy) is 1. The summed E-state index contributed by atoms with van der Waals surface area (Å²) in [5.41, 5.74) is 2.67. The predicted octanol–water partition coefficient (Wildman–Crippen LogP) is 4.60. The summed E-state index contributed by atoms with van der Waals surface area (Å²) in [6.07, 6.45) is 2.16. The fraction of sp³-hybridized carbons (Fsp3) is 0.227. The van der Waals surface area contributed by atoms with Crippen molar-refractivity contribution < 1.29 is 9.53 Å². The first kappa shape index (κ1) is 19.6. The largest absolute Gasteiger partial charge is 0.493 e. The smallest absolute Gasteiger partial charge is 0.230 e. The number of hydrogen-bond acceptors (Lipinski definition) is 5. The highest BCUT2D eigenvalue weighted by Gasteiger charge is 2.09. The summed E-state index contributed by atoms with van der Waals surface area (Å²) < 4.78 is 5.60. The van der Waals surface area contributed by atoms with Crippen molar-refractivity contribution in [2.75, 3.05) is 11.9 Å². The van der Waals surface area contributed by atoms with Crippen LogP contribution >= 0.6 is 11.3 Å². The topological polar surface area (TPSA) is 75.0 Å². The number of nitrogens with zero attached hydrogens (tertiary/aromatic N) is 2. The fourth-order valence-electron chi connectivity index (χ4n) is 2.66. The fourth-order valence-corrected chi connectivity index (χ4v) is 3.48. The van der Waals surface area contributed by atoms with Crippen molar-refractivity contribution in [1.82, 2.24) is 4.98 Å². The van der Waals surface area contributed by atoms with Crippen molar-refractivity contribution in [2.24, 2.45) is 0 Å². The molecule has 0 bridgehead atoms. The minimum atomic E-state index is -0.113. The summed E-state index contributed by atoms with van der Waals surface area (Å²) in [5, 5.41) is 14.4. The molecule has 0 aliphatic rings. The van der Waals surface area contributed by atoms with Gasteiger partial charge in [-0.25, -0.2) is 4.98 Å². The van der Waals surface area contributed by atoms with Gasteiger partial charge in [0.15, 0.2) is 0 Å². The number of benzene rings is 2. The summed E-state index contributed by atoms with van der Waals surface area (Å²) in [4.78, 5) is 16.9. The van der Waals surface area contributed by atoms with Crippen molar-refractivity contribution in [3.63, 3.8) is 0 Å². The lowest BCUT2D eigenvalue weighted by molar-refractivity contribution is -0.115. The molecular formula is C22H21N3O2S. The summed E-state index contributed by atoms with van der Waals surface area (Å²) in [7, 11) is 0. The van der Waals surface area contributed by atoms with Gasteiger partial charge in [-0.2, -0.15) is 5.26 Å². The lowest BCUT2D eigenvalue weighted by Crippen LogP contribution is -2.14. The first-order chi connectivity index (χ1) is 13.7. The highest BCUT2D eigenvalue weighted by atomic mass is 32.1. The maximum absolute atomic E-state index is 12.3. The third-order valence-corrected chi connectivity index (χ3v) is 4.86. The maximum atomic E-state index is 12.3. The van der Waals surface area contributed by atoms with E-state index in [1.165, 1.54) is 5.56 Å². The van der Waals surface area contributed by atoms with Crippen LogP contribution in [0.1, 0.15) is 29.1 Å². The highest BCUT2D eigenvalue weighted by molar-refractivity contribution is 7.09. The number of nitrogens with one attached hydrogen (secondary N) is 1. The van der Waals surface area contributed by atoms with Crippen LogP contribution < -0.4 is 10.1 Å². The molecule has 3 aromatic rings. The number of thiazole rings is 1. The van der Waals surface area contributed by atoms with E-state index in [-0.39, 0.29) is 12.3 Å². The standard InChI is InChI=1S/C22H21N3O2S/c23-11-4-5-12-27-20-10-6-9-18(14-20)24-21(26)15-19-16-28-22(25-19)13-17-7-2-1-3-8-17/h1-3,6-10,14,16H,4-5,12-13,15H2,(H,24,26).